The van der Waals surface area contributed by atoms with E-state index in [2.05, 4.69) is 9.88 Å². The van der Waals surface area contributed by atoms with Gasteiger partial charge in [0.05, 0.1) is 22.2 Å². The van der Waals surface area contributed by atoms with Gasteiger partial charge in [-0.15, -0.1) is 0 Å². The van der Waals surface area contributed by atoms with Crippen LogP contribution < -0.4 is 9.64 Å². The topological polar surface area (TPSA) is 83.0 Å². The highest BCUT2D eigenvalue weighted by Crippen LogP contribution is 2.34. The summed E-state index contributed by atoms with van der Waals surface area (Å²) in [6, 6.07) is 10.9. The SMILES string of the molecule is COc1ccc(S(=O)(=O)N2CCCC2C(=O)N(CCCN(C)C)c2nc3ccc(Cl)cc3s2)cc1. The number of halogens is 1. The Hall–Kier alpha value is -2.24. The zero-order chi connectivity index (χ0) is 25.2. The summed E-state index contributed by atoms with van der Waals surface area (Å²) in [6.07, 6.45) is 1.81. The van der Waals surface area contributed by atoms with Crippen LogP contribution >= 0.6 is 22.9 Å². The Morgan fingerprint density at radius 3 is 2.63 bits per heavy atom. The van der Waals surface area contributed by atoms with Crippen LogP contribution in [0.3, 0.4) is 0 Å². The number of amides is 1. The Labute approximate surface area is 215 Å². The van der Waals surface area contributed by atoms with Gasteiger partial charge < -0.3 is 9.64 Å². The minimum atomic E-state index is -3.85. The van der Waals surface area contributed by atoms with E-state index in [9.17, 15) is 13.2 Å². The van der Waals surface area contributed by atoms with E-state index < -0.39 is 16.1 Å². The molecule has 1 aliphatic heterocycles. The molecule has 8 nitrogen and oxygen atoms in total. The monoisotopic (exact) mass is 536 g/mol. The average Bonchev–Trinajstić information content (AvgIpc) is 3.49. The van der Waals surface area contributed by atoms with Crippen molar-refractivity contribution in [2.45, 2.75) is 30.2 Å². The Bertz CT molecular complexity index is 1290. The first-order valence-electron chi connectivity index (χ1n) is 11.4. The number of hydrogen-bond acceptors (Lipinski definition) is 7. The number of nitrogens with zero attached hydrogens (tertiary/aromatic N) is 4. The van der Waals surface area contributed by atoms with Crippen molar-refractivity contribution in [3.8, 4) is 5.75 Å². The third-order valence-electron chi connectivity index (χ3n) is 5.98. The van der Waals surface area contributed by atoms with Crippen molar-refractivity contribution in [1.29, 1.82) is 0 Å². The summed E-state index contributed by atoms with van der Waals surface area (Å²) in [7, 11) is 1.63. The number of anilines is 1. The summed E-state index contributed by atoms with van der Waals surface area (Å²) in [5.41, 5.74) is 0.758. The lowest BCUT2D eigenvalue weighted by molar-refractivity contribution is -0.121. The van der Waals surface area contributed by atoms with Crippen LogP contribution in [0.4, 0.5) is 5.13 Å². The van der Waals surface area contributed by atoms with Crippen LogP contribution in [0.5, 0.6) is 5.75 Å². The number of ether oxygens (including phenoxy) is 1. The van der Waals surface area contributed by atoms with Crippen molar-refractivity contribution in [2.75, 3.05) is 45.7 Å². The zero-order valence-electron chi connectivity index (χ0n) is 20.0. The molecule has 2 aromatic carbocycles. The van der Waals surface area contributed by atoms with Gasteiger partial charge in [-0.2, -0.15) is 4.31 Å². The lowest BCUT2D eigenvalue weighted by Crippen LogP contribution is -2.48. The number of methoxy groups -OCH3 is 1. The molecule has 4 rings (SSSR count). The van der Waals surface area contributed by atoms with Crippen LogP contribution in [0, 0.1) is 0 Å². The normalized spacial score (nSPS) is 16.8. The number of thiazole rings is 1. The molecule has 1 saturated heterocycles. The second-order valence-corrected chi connectivity index (χ2v) is 12.0. The van der Waals surface area contributed by atoms with Crippen LogP contribution in [0.15, 0.2) is 47.4 Å². The highest BCUT2D eigenvalue weighted by Gasteiger charge is 2.42. The van der Waals surface area contributed by atoms with Gasteiger partial charge >= 0.3 is 0 Å². The lowest BCUT2D eigenvalue weighted by Gasteiger charge is -2.29. The number of hydrogen-bond donors (Lipinski definition) is 0. The Kier molecular flexibility index (Phi) is 7.97. The van der Waals surface area contributed by atoms with E-state index in [-0.39, 0.29) is 10.8 Å². The number of benzene rings is 2. The summed E-state index contributed by atoms with van der Waals surface area (Å²) >= 11 is 7.54. The number of carbonyl (C=O) groups excluding carboxylic acids is 1. The maximum absolute atomic E-state index is 13.9. The van der Waals surface area contributed by atoms with Crippen LogP contribution in [-0.4, -0.2) is 75.4 Å². The molecule has 1 aromatic heterocycles. The van der Waals surface area contributed by atoms with Crippen molar-refractivity contribution < 1.29 is 17.9 Å². The van der Waals surface area contributed by atoms with E-state index in [4.69, 9.17) is 16.3 Å². The quantitative estimate of drug-likeness (QED) is 0.409. The summed E-state index contributed by atoms with van der Waals surface area (Å²) in [5, 5.41) is 1.16. The first kappa shape index (κ1) is 25.8. The fourth-order valence-electron chi connectivity index (χ4n) is 4.18. The fourth-order valence-corrected chi connectivity index (χ4v) is 7.11. The molecular formula is C24H29ClN4O4S2. The molecule has 0 N–H and O–H groups in total. The number of fused-ring (bicyclic) bond motifs is 1. The Morgan fingerprint density at radius 1 is 1.20 bits per heavy atom. The largest absolute Gasteiger partial charge is 0.497 e. The summed E-state index contributed by atoms with van der Waals surface area (Å²) in [5.74, 6) is 0.324. The first-order chi connectivity index (χ1) is 16.7. The van der Waals surface area contributed by atoms with Gasteiger partial charge in [0.1, 0.15) is 11.8 Å². The maximum atomic E-state index is 13.9. The molecular weight excluding hydrogens is 508 g/mol. The van der Waals surface area contributed by atoms with Gasteiger partial charge in [0.25, 0.3) is 0 Å². The molecule has 1 unspecified atom stereocenters. The molecule has 0 aliphatic carbocycles. The molecule has 3 aromatic rings. The molecule has 0 radical (unpaired) electrons. The molecule has 11 heteroatoms. The van der Waals surface area contributed by atoms with Gasteiger partial charge in [-0.3, -0.25) is 9.69 Å². The third-order valence-corrected chi connectivity index (χ3v) is 9.18. The van der Waals surface area contributed by atoms with Crippen LogP contribution in [0.25, 0.3) is 10.2 Å². The molecule has 1 atom stereocenters. The molecule has 1 aliphatic rings. The predicted molar refractivity (Wildman–Crippen MR) is 140 cm³/mol. The van der Waals surface area contributed by atoms with E-state index in [0.717, 1.165) is 23.2 Å². The second kappa shape index (κ2) is 10.8. The van der Waals surface area contributed by atoms with Gasteiger partial charge in [0.2, 0.25) is 15.9 Å². The van der Waals surface area contributed by atoms with E-state index in [0.29, 0.717) is 41.8 Å². The van der Waals surface area contributed by atoms with Crippen molar-refractivity contribution in [1.82, 2.24) is 14.2 Å². The minimum absolute atomic E-state index is 0.145. The standard InChI is InChI=1S/C24H29ClN4O4S2/c1-27(2)13-5-14-28(24-26-20-12-7-17(25)16-22(20)34-24)23(30)21-6-4-15-29(21)35(31,32)19-10-8-18(33-3)9-11-19/h7-12,16,21H,4-6,13-15H2,1-3H3. The number of carbonyl (C=O) groups is 1. The average molecular weight is 537 g/mol. The van der Waals surface area contributed by atoms with E-state index in [1.54, 1.807) is 23.1 Å². The van der Waals surface area contributed by atoms with Gasteiger partial charge in [-0.25, -0.2) is 13.4 Å². The number of rotatable bonds is 9. The minimum Gasteiger partial charge on any atom is -0.497 e. The summed E-state index contributed by atoms with van der Waals surface area (Å²) in [4.78, 5) is 22.4. The van der Waals surface area contributed by atoms with Crippen molar-refractivity contribution in [3.63, 3.8) is 0 Å². The molecule has 0 bridgehead atoms. The third kappa shape index (κ3) is 5.62. The van der Waals surface area contributed by atoms with Gasteiger partial charge in [0.15, 0.2) is 5.13 Å². The van der Waals surface area contributed by atoms with Crippen LogP contribution in [0.2, 0.25) is 5.02 Å². The van der Waals surface area contributed by atoms with E-state index in [1.165, 1.54) is 34.9 Å². The highest BCUT2D eigenvalue weighted by atomic mass is 35.5. The number of sulfonamides is 1. The molecule has 188 valence electrons. The predicted octanol–water partition coefficient (Wildman–Crippen LogP) is 4.10. The lowest BCUT2D eigenvalue weighted by atomic mass is 10.2. The summed E-state index contributed by atoms with van der Waals surface area (Å²) < 4.78 is 34.3. The summed E-state index contributed by atoms with van der Waals surface area (Å²) in [6.45, 7) is 1.53. The van der Waals surface area contributed by atoms with Crippen molar-refractivity contribution >= 4 is 54.2 Å². The maximum Gasteiger partial charge on any atom is 0.247 e. The van der Waals surface area contributed by atoms with Gasteiger partial charge in [0, 0.05) is 18.1 Å². The highest BCUT2D eigenvalue weighted by molar-refractivity contribution is 7.89. The second-order valence-electron chi connectivity index (χ2n) is 8.70. The van der Waals surface area contributed by atoms with E-state index >= 15 is 0 Å². The van der Waals surface area contributed by atoms with E-state index in [1.807, 2.05) is 26.2 Å². The Balaban J connectivity index is 1.64. The fraction of sp³-hybridized carbons (Fsp3) is 0.417. The molecule has 2 heterocycles. The van der Waals surface area contributed by atoms with Crippen LogP contribution in [-0.2, 0) is 14.8 Å². The molecule has 1 amide bonds. The van der Waals surface area contributed by atoms with Gasteiger partial charge in [-0.05, 0) is 82.4 Å². The number of aromatic nitrogens is 1. The smallest absolute Gasteiger partial charge is 0.247 e. The molecule has 35 heavy (non-hydrogen) atoms. The molecule has 0 spiro atoms. The first-order valence-corrected chi connectivity index (χ1v) is 14.0. The molecule has 1 fully saturated rings. The van der Waals surface area contributed by atoms with Crippen molar-refractivity contribution in [3.05, 3.63) is 47.5 Å². The zero-order valence-corrected chi connectivity index (χ0v) is 22.4. The van der Waals surface area contributed by atoms with Crippen molar-refractivity contribution in [2.24, 2.45) is 0 Å². The molecule has 0 saturated carbocycles. The van der Waals surface area contributed by atoms with Crippen LogP contribution in [0.1, 0.15) is 19.3 Å². The van der Waals surface area contributed by atoms with Gasteiger partial charge in [-0.1, -0.05) is 22.9 Å². The Morgan fingerprint density at radius 2 is 1.94 bits per heavy atom.